The summed E-state index contributed by atoms with van der Waals surface area (Å²) in [4.78, 5) is 25.5. The normalized spacial score (nSPS) is 28.2. The predicted octanol–water partition coefficient (Wildman–Crippen LogP) is 4.60. The van der Waals surface area contributed by atoms with Gasteiger partial charge in [-0.15, -0.1) is 0 Å². The number of unbranched alkanes of at least 4 members (excludes halogenated alkanes) is 1. The van der Waals surface area contributed by atoms with Crippen molar-refractivity contribution in [3.05, 3.63) is 34.9 Å². The number of benzene rings is 1. The summed E-state index contributed by atoms with van der Waals surface area (Å²) in [5.41, 5.74) is 2.40. The van der Waals surface area contributed by atoms with Crippen LogP contribution in [-0.2, 0) is 0 Å². The van der Waals surface area contributed by atoms with Crippen molar-refractivity contribution >= 4 is 11.6 Å². The second-order valence-corrected chi connectivity index (χ2v) is 6.81. The van der Waals surface area contributed by atoms with E-state index in [0.717, 1.165) is 24.8 Å². The maximum Gasteiger partial charge on any atom is 0.167 e. The first kappa shape index (κ1) is 14.5. The Bertz CT molecular complexity index is 573. The summed E-state index contributed by atoms with van der Waals surface area (Å²) in [7, 11) is 0. The van der Waals surface area contributed by atoms with Crippen molar-refractivity contribution in [3.63, 3.8) is 0 Å². The van der Waals surface area contributed by atoms with E-state index in [2.05, 4.69) is 6.92 Å². The highest BCUT2D eigenvalue weighted by Gasteiger charge is 2.44. The van der Waals surface area contributed by atoms with Gasteiger partial charge in [0.2, 0.25) is 0 Å². The quantitative estimate of drug-likeness (QED) is 0.813. The van der Waals surface area contributed by atoms with Gasteiger partial charge < -0.3 is 0 Å². The van der Waals surface area contributed by atoms with Crippen LogP contribution in [0.5, 0.6) is 0 Å². The molecule has 0 aliphatic heterocycles. The van der Waals surface area contributed by atoms with Gasteiger partial charge in [-0.3, -0.25) is 9.59 Å². The lowest BCUT2D eigenvalue weighted by molar-refractivity contribution is 0.0623. The van der Waals surface area contributed by atoms with Gasteiger partial charge in [-0.2, -0.15) is 0 Å². The molecule has 1 saturated carbocycles. The zero-order chi connectivity index (χ0) is 15.0. The van der Waals surface area contributed by atoms with Gasteiger partial charge in [0, 0.05) is 23.0 Å². The van der Waals surface area contributed by atoms with E-state index >= 15 is 0 Å². The molecule has 1 aromatic carbocycles. The smallest absolute Gasteiger partial charge is 0.167 e. The van der Waals surface area contributed by atoms with Gasteiger partial charge in [-0.1, -0.05) is 43.9 Å². The number of aryl methyl sites for hydroxylation is 1. The van der Waals surface area contributed by atoms with E-state index in [4.69, 9.17) is 0 Å². The Morgan fingerprint density at radius 1 is 1.05 bits per heavy atom. The molecule has 2 nitrogen and oxygen atoms in total. The first-order chi connectivity index (χ1) is 10.1. The van der Waals surface area contributed by atoms with Crippen LogP contribution in [-0.4, -0.2) is 11.6 Å². The number of hydrogen-bond acceptors (Lipinski definition) is 2. The molecule has 2 aliphatic carbocycles. The fourth-order valence-corrected chi connectivity index (χ4v) is 4.09. The average Bonchev–Trinajstić information content (AvgIpc) is 2.50. The molecule has 0 heterocycles. The van der Waals surface area contributed by atoms with Crippen LogP contribution in [0.15, 0.2) is 18.2 Å². The molecule has 3 atom stereocenters. The number of fused-ring (bicyclic) bond motifs is 2. The molecular weight excluding hydrogens is 260 g/mol. The van der Waals surface area contributed by atoms with Crippen molar-refractivity contribution in [1.82, 2.24) is 0 Å². The SMILES string of the molecule is CCCCC1CCC2C(=O)c3cc(C)ccc3C(=O)C2C1. The Morgan fingerprint density at radius 3 is 2.57 bits per heavy atom. The second-order valence-electron chi connectivity index (χ2n) is 6.81. The van der Waals surface area contributed by atoms with Gasteiger partial charge in [0.25, 0.3) is 0 Å². The summed E-state index contributed by atoms with van der Waals surface area (Å²) in [6.07, 6.45) is 6.59. The number of ketones is 2. The van der Waals surface area contributed by atoms with Crippen molar-refractivity contribution in [1.29, 1.82) is 0 Å². The average molecular weight is 284 g/mol. The molecule has 0 N–H and O–H groups in total. The molecule has 0 spiro atoms. The van der Waals surface area contributed by atoms with E-state index < -0.39 is 0 Å². The fraction of sp³-hybridized carbons (Fsp3) is 0.579. The number of hydrogen-bond donors (Lipinski definition) is 0. The second kappa shape index (κ2) is 5.75. The minimum Gasteiger partial charge on any atom is -0.294 e. The summed E-state index contributed by atoms with van der Waals surface area (Å²) in [6.45, 7) is 4.19. The topological polar surface area (TPSA) is 34.1 Å². The maximum absolute atomic E-state index is 12.8. The molecule has 3 rings (SSSR count). The van der Waals surface area contributed by atoms with Gasteiger partial charge in [0.1, 0.15) is 0 Å². The molecule has 0 radical (unpaired) electrons. The van der Waals surface area contributed by atoms with Crippen LogP contribution < -0.4 is 0 Å². The Labute approximate surface area is 126 Å². The highest BCUT2D eigenvalue weighted by Crippen LogP contribution is 2.43. The summed E-state index contributed by atoms with van der Waals surface area (Å²) in [6, 6.07) is 5.70. The zero-order valence-corrected chi connectivity index (χ0v) is 13.0. The molecule has 0 bridgehead atoms. The van der Waals surface area contributed by atoms with Gasteiger partial charge in [-0.05, 0) is 38.2 Å². The minimum atomic E-state index is -0.0525. The minimum absolute atomic E-state index is 0.0512. The van der Waals surface area contributed by atoms with E-state index in [9.17, 15) is 9.59 Å². The van der Waals surface area contributed by atoms with Crippen LogP contribution in [0.25, 0.3) is 0 Å². The number of carbonyl (C=O) groups is 2. The Morgan fingerprint density at radius 2 is 1.81 bits per heavy atom. The summed E-state index contributed by atoms with van der Waals surface area (Å²) >= 11 is 0. The standard InChI is InChI=1S/C19H24O2/c1-3-4-5-13-7-9-15-17(11-13)19(21)14-8-6-12(2)10-16(14)18(15)20/h6,8,10,13,15,17H,3-5,7,9,11H2,1-2H3. The Balaban J connectivity index is 1.88. The third-order valence-corrected chi connectivity index (χ3v) is 5.30. The van der Waals surface area contributed by atoms with Crippen LogP contribution in [0.2, 0.25) is 0 Å². The number of Topliss-reactive ketones (excluding diaryl/α,β-unsaturated/α-hetero) is 2. The Hall–Kier alpha value is -1.44. The van der Waals surface area contributed by atoms with Crippen molar-refractivity contribution < 1.29 is 9.59 Å². The monoisotopic (exact) mass is 284 g/mol. The van der Waals surface area contributed by atoms with Gasteiger partial charge in [-0.25, -0.2) is 0 Å². The molecule has 2 heteroatoms. The molecule has 0 amide bonds. The lowest BCUT2D eigenvalue weighted by Gasteiger charge is -2.38. The first-order valence-corrected chi connectivity index (χ1v) is 8.31. The van der Waals surface area contributed by atoms with Crippen LogP contribution in [0, 0.1) is 24.7 Å². The predicted molar refractivity (Wildman–Crippen MR) is 83.7 cm³/mol. The lowest BCUT2D eigenvalue weighted by atomic mass is 9.64. The molecule has 0 saturated heterocycles. The molecule has 1 fully saturated rings. The molecular formula is C19H24O2. The van der Waals surface area contributed by atoms with Crippen molar-refractivity contribution in [2.24, 2.45) is 17.8 Å². The van der Waals surface area contributed by atoms with Gasteiger partial charge in [0.15, 0.2) is 11.6 Å². The maximum atomic E-state index is 12.8. The Kier molecular flexibility index (Phi) is 3.97. The first-order valence-electron chi connectivity index (χ1n) is 8.31. The van der Waals surface area contributed by atoms with E-state index in [1.165, 1.54) is 19.3 Å². The summed E-state index contributed by atoms with van der Waals surface area (Å²) in [5, 5.41) is 0. The van der Waals surface area contributed by atoms with Crippen molar-refractivity contribution in [2.45, 2.75) is 52.4 Å². The van der Waals surface area contributed by atoms with Crippen molar-refractivity contribution in [2.75, 3.05) is 0 Å². The largest absolute Gasteiger partial charge is 0.294 e. The third kappa shape index (κ3) is 2.56. The van der Waals surface area contributed by atoms with E-state index in [0.29, 0.717) is 17.0 Å². The number of carbonyl (C=O) groups excluding carboxylic acids is 2. The molecule has 21 heavy (non-hydrogen) atoms. The van der Waals surface area contributed by atoms with Gasteiger partial charge >= 0.3 is 0 Å². The summed E-state index contributed by atoms with van der Waals surface area (Å²) in [5.74, 6) is 0.964. The van der Waals surface area contributed by atoms with Crippen LogP contribution in [0.4, 0.5) is 0 Å². The van der Waals surface area contributed by atoms with Crippen molar-refractivity contribution in [3.8, 4) is 0 Å². The molecule has 2 aliphatic rings. The molecule has 0 aromatic heterocycles. The van der Waals surface area contributed by atoms with Gasteiger partial charge in [0.05, 0.1) is 0 Å². The van der Waals surface area contributed by atoms with E-state index in [1.54, 1.807) is 0 Å². The highest BCUT2D eigenvalue weighted by molar-refractivity contribution is 6.16. The van der Waals surface area contributed by atoms with E-state index in [-0.39, 0.29) is 23.4 Å². The summed E-state index contributed by atoms with van der Waals surface area (Å²) < 4.78 is 0. The van der Waals surface area contributed by atoms with E-state index in [1.807, 2.05) is 25.1 Å². The molecule has 1 aromatic rings. The highest BCUT2D eigenvalue weighted by atomic mass is 16.1. The molecule has 112 valence electrons. The third-order valence-electron chi connectivity index (χ3n) is 5.30. The number of rotatable bonds is 3. The molecule has 3 unspecified atom stereocenters. The lowest BCUT2D eigenvalue weighted by Crippen LogP contribution is -2.40. The van der Waals surface area contributed by atoms with Crippen LogP contribution in [0.1, 0.15) is 71.7 Å². The fourth-order valence-electron chi connectivity index (χ4n) is 4.09. The van der Waals surface area contributed by atoms with Crippen LogP contribution >= 0.6 is 0 Å². The zero-order valence-electron chi connectivity index (χ0n) is 13.0. The van der Waals surface area contributed by atoms with Crippen LogP contribution in [0.3, 0.4) is 0 Å².